The van der Waals surface area contributed by atoms with E-state index in [0.29, 0.717) is 28.8 Å². The molecule has 0 bridgehead atoms. The molecule has 164 valence electrons. The smallest absolute Gasteiger partial charge is 0.289 e. The number of hydrogen-bond donors (Lipinski definition) is 2. The van der Waals surface area contributed by atoms with E-state index >= 15 is 0 Å². The summed E-state index contributed by atoms with van der Waals surface area (Å²) >= 11 is 5.92. The first-order valence-electron chi connectivity index (χ1n) is 10.3. The fourth-order valence-electron chi connectivity index (χ4n) is 3.00. The number of nitrogens with zero attached hydrogens (tertiary/aromatic N) is 2. The molecule has 3 aromatic carbocycles. The number of H-pyrrole nitrogens is 1. The van der Waals surface area contributed by atoms with E-state index in [4.69, 9.17) is 16.3 Å². The first kappa shape index (κ1) is 22.0. The predicted octanol–water partition coefficient (Wildman–Crippen LogP) is 5.74. The van der Waals surface area contributed by atoms with Gasteiger partial charge >= 0.3 is 0 Å². The summed E-state index contributed by atoms with van der Waals surface area (Å²) in [6.07, 6.45) is 5.17. The number of aromatic amines is 1. The highest BCUT2D eigenvalue weighted by Crippen LogP contribution is 2.23. The van der Waals surface area contributed by atoms with Crippen LogP contribution >= 0.6 is 11.6 Å². The van der Waals surface area contributed by atoms with Gasteiger partial charge in [0.2, 0.25) is 0 Å². The van der Waals surface area contributed by atoms with Crippen molar-refractivity contribution in [2.45, 2.75) is 6.61 Å². The van der Waals surface area contributed by atoms with E-state index in [2.05, 4.69) is 20.7 Å². The molecule has 0 unspecified atom stereocenters. The third kappa shape index (κ3) is 6.41. The second kappa shape index (κ2) is 10.9. The number of hydrogen-bond acceptors (Lipinski definition) is 4. The lowest BCUT2D eigenvalue weighted by Crippen LogP contribution is -2.17. The van der Waals surface area contributed by atoms with Crippen molar-refractivity contribution in [3.05, 3.63) is 113 Å². The molecule has 0 aliphatic carbocycles. The normalized spacial score (nSPS) is 11.2. The Morgan fingerprint density at radius 2 is 1.85 bits per heavy atom. The van der Waals surface area contributed by atoms with Gasteiger partial charge in [-0.1, -0.05) is 72.3 Å². The van der Waals surface area contributed by atoms with Crippen LogP contribution in [0.1, 0.15) is 21.6 Å². The molecule has 4 aromatic rings. The lowest BCUT2D eigenvalue weighted by Gasteiger charge is -2.07. The zero-order chi connectivity index (χ0) is 22.9. The Kier molecular flexibility index (Phi) is 7.30. The number of aromatic nitrogens is 2. The quantitative estimate of drug-likeness (QED) is 0.262. The summed E-state index contributed by atoms with van der Waals surface area (Å²) in [5.74, 6) is 0.319. The number of halogens is 1. The number of ether oxygens (including phenoxy) is 1. The highest BCUT2D eigenvalue weighted by molar-refractivity contribution is 6.30. The maximum absolute atomic E-state index is 12.3. The number of allylic oxidation sites excluding steroid dienone is 1. The van der Waals surface area contributed by atoms with Gasteiger partial charge in [0, 0.05) is 16.8 Å². The Labute approximate surface area is 196 Å². The van der Waals surface area contributed by atoms with E-state index in [9.17, 15) is 4.79 Å². The molecule has 2 N–H and O–H groups in total. The molecule has 0 saturated heterocycles. The first-order valence-corrected chi connectivity index (χ1v) is 10.6. The highest BCUT2D eigenvalue weighted by Gasteiger charge is 2.11. The second-order valence-electron chi connectivity index (χ2n) is 7.10. The highest BCUT2D eigenvalue weighted by atomic mass is 35.5. The van der Waals surface area contributed by atoms with Gasteiger partial charge in [0.25, 0.3) is 5.91 Å². The maximum atomic E-state index is 12.3. The van der Waals surface area contributed by atoms with Crippen molar-refractivity contribution in [1.82, 2.24) is 15.6 Å². The largest absolute Gasteiger partial charge is 0.489 e. The molecule has 1 heterocycles. The molecule has 0 aliphatic heterocycles. The molecule has 0 spiro atoms. The summed E-state index contributed by atoms with van der Waals surface area (Å²) in [6.45, 7) is 0.422. The average molecular weight is 457 g/mol. The Morgan fingerprint density at radius 3 is 2.67 bits per heavy atom. The minimum atomic E-state index is -0.381. The number of carbonyl (C=O) groups is 1. The van der Waals surface area contributed by atoms with Gasteiger partial charge in [-0.25, -0.2) is 5.43 Å². The monoisotopic (exact) mass is 456 g/mol. The van der Waals surface area contributed by atoms with Crippen LogP contribution in [0.5, 0.6) is 5.75 Å². The standard InChI is InChI=1S/C26H21ClN4O2/c27-22-13-11-20(12-14-22)18-33-23-10-4-9-21(16-23)24-17-25(30-29-24)26(32)31-28-15-5-8-19-6-2-1-3-7-19/h1-17H,18H2,(H,29,30)(H,31,32)/b8-5+,28-15+. The van der Waals surface area contributed by atoms with Gasteiger partial charge in [-0.15, -0.1) is 0 Å². The van der Waals surface area contributed by atoms with E-state index in [0.717, 1.165) is 16.7 Å². The molecular weight excluding hydrogens is 436 g/mol. The number of hydrazone groups is 1. The third-order valence-electron chi connectivity index (χ3n) is 4.69. The van der Waals surface area contributed by atoms with Crippen LogP contribution in [0.25, 0.3) is 17.3 Å². The third-order valence-corrected chi connectivity index (χ3v) is 4.94. The van der Waals surface area contributed by atoms with Gasteiger partial charge in [0.1, 0.15) is 18.1 Å². The minimum absolute atomic E-state index is 0.307. The molecule has 0 fully saturated rings. The Hall–Kier alpha value is -4.16. The van der Waals surface area contributed by atoms with Crippen molar-refractivity contribution in [3.63, 3.8) is 0 Å². The Balaban J connectivity index is 1.34. The molecular formula is C26H21ClN4O2. The van der Waals surface area contributed by atoms with Crippen LogP contribution in [0.2, 0.25) is 5.02 Å². The molecule has 0 radical (unpaired) electrons. The first-order chi connectivity index (χ1) is 16.2. The van der Waals surface area contributed by atoms with Gasteiger partial charge < -0.3 is 4.74 Å². The zero-order valence-electron chi connectivity index (χ0n) is 17.6. The molecule has 33 heavy (non-hydrogen) atoms. The van der Waals surface area contributed by atoms with E-state index in [1.54, 1.807) is 12.1 Å². The lowest BCUT2D eigenvalue weighted by molar-refractivity contribution is 0.0950. The molecule has 1 aromatic heterocycles. The Morgan fingerprint density at radius 1 is 1.03 bits per heavy atom. The summed E-state index contributed by atoms with van der Waals surface area (Å²) in [5.41, 5.74) is 6.31. The second-order valence-corrected chi connectivity index (χ2v) is 7.54. The van der Waals surface area contributed by atoms with Gasteiger partial charge in [-0.3, -0.25) is 9.89 Å². The van der Waals surface area contributed by atoms with Gasteiger partial charge in [-0.05, 0) is 47.5 Å². The number of amides is 1. The molecule has 4 rings (SSSR count). The summed E-state index contributed by atoms with van der Waals surface area (Å²) in [5, 5.41) is 11.6. The lowest BCUT2D eigenvalue weighted by atomic mass is 10.1. The van der Waals surface area contributed by atoms with E-state index < -0.39 is 0 Å². The zero-order valence-corrected chi connectivity index (χ0v) is 18.4. The van der Waals surface area contributed by atoms with Crippen molar-refractivity contribution >= 4 is 29.8 Å². The molecule has 0 saturated carbocycles. The molecule has 1 amide bonds. The van der Waals surface area contributed by atoms with Crippen LogP contribution in [0.15, 0.2) is 96.1 Å². The minimum Gasteiger partial charge on any atom is -0.489 e. The number of rotatable bonds is 8. The fourth-order valence-corrected chi connectivity index (χ4v) is 3.12. The maximum Gasteiger partial charge on any atom is 0.289 e. The summed E-state index contributed by atoms with van der Waals surface area (Å²) < 4.78 is 5.87. The van der Waals surface area contributed by atoms with Crippen LogP contribution in [-0.2, 0) is 6.61 Å². The number of carbonyl (C=O) groups excluding carboxylic acids is 1. The van der Waals surface area contributed by atoms with Gasteiger partial charge in [0.05, 0.1) is 5.69 Å². The topological polar surface area (TPSA) is 79.4 Å². The van der Waals surface area contributed by atoms with Gasteiger partial charge in [-0.2, -0.15) is 10.2 Å². The van der Waals surface area contributed by atoms with Crippen molar-refractivity contribution < 1.29 is 9.53 Å². The van der Waals surface area contributed by atoms with Crippen LogP contribution in [0.4, 0.5) is 0 Å². The number of benzene rings is 3. The van der Waals surface area contributed by atoms with E-state index in [-0.39, 0.29) is 5.91 Å². The summed E-state index contributed by atoms with van der Waals surface area (Å²) in [6, 6.07) is 26.5. The van der Waals surface area contributed by atoms with Crippen molar-refractivity contribution in [2.75, 3.05) is 0 Å². The Bertz CT molecular complexity index is 1260. The van der Waals surface area contributed by atoms with Crippen LogP contribution in [0, 0.1) is 0 Å². The summed E-state index contributed by atoms with van der Waals surface area (Å²) in [7, 11) is 0. The predicted molar refractivity (Wildman–Crippen MR) is 131 cm³/mol. The van der Waals surface area contributed by atoms with Crippen molar-refractivity contribution in [1.29, 1.82) is 0 Å². The van der Waals surface area contributed by atoms with Crippen molar-refractivity contribution in [3.8, 4) is 17.0 Å². The average Bonchev–Trinajstić information content (AvgIpc) is 3.35. The van der Waals surface area contributed by atoms with Crippen molar-refractivity contribution in [2.24, 2.45) is 5.10 Å². The van der Waals surface area contributed by atoms with E-state index in [1.807, 2.05) is 84.9 Å². The SMILES string of the molecule is O=C(N/N=C/C=C/c1ccccc1)c1cc(-c2cccc(OCc3ccc(Cl)cc3)c2)n[nH]1. The molecule has 0 atom stereocenters. The van der Waals surface area contributed by atoms with Crippen LogP contribution in [0.3, 0.4) is 0 Å². The molecule has 6 nitrogen and oxygen atoms in total. The van der Waals surface area contributed by atoms with Crippen LogP contribution in [-0.4, -0.2) is 22.3 Å². The van der Waals surface area contributed by atoms with Crippen LogP contribution < -0.4 is 10.2 Å². The molecule has 7 heteroatoms. The van der Waals surface area contributed by atoms with Gasteiger partial charge in [0.15, 0.2) is 0 Å². The van der Waals surface area contributed by atoms with E-state index in [1.165, 1.54) is 6.21 Å². The fraction of sp³-hybridized carbons (Fsp3) is 0.0385. The summed E-state index contributed by atoms with van der Waals surface area (Å²) in [4.78, 5) is 12.3. The molecule has 0 aliphatic rings. The number of nitrogens with one attached hydrogen (secondary N) is 2.